The zero-order valence-electron chi connectivity index (χ0n) is 25.0. The van der Waals surface area contributed by atoms with Gasteiger partial charge >= 0.3 is 6.03 Å². The second kappa shape index (κ2) is 11.8. The molecule has 8 heteroatoms. The Morgan fingerprint density at radius 2 is 1.76 bits per heavy atom. The Bertz CT molecular complexity index is 1280. The van der Waals surface area contributed by atoms with Crippen molar-refractivity contribution in [2.75, 3.05) is 31.5 Å². The number of hydrogen-bond donors (Lipinski definition) is 4. The topological polar surface area (TPSA) is 104 Å². The number of nitrogens with two attached hydrogens (primary N) is 1. The van der Waals surface area contributed by atoms with Crippen molar-refractivity contribution in [2.45, 2.75) is 103 Å². The van der Waals surface area contributed by atoms with Gasteiger partial charge in [-0.1, -0.05) is 19.9 Å². The molecule has 1 aromatic heterocycles. The van der Waals surface area contributed by atoms with Crippen molar-refractivity contribution in [3.05, 3.63) is 46.3 Å². The van der Waals surface area contributed by atoms with Gasteiger partial charge in [-0.25, -0.2) is 4.79 Å². The van der Waals surface area contributed by atoms with E-state index < -0.39 is 0 Å². The van der Waals surface area contributed by atoms with Crippen LogP contribution in [-0.2, 0) is 25.8 Å². The van der Waals surface area contributed by atoms with Gasteiger partial charge in [0.25, 0.3) is 0 Å². The van der Waals surface area contributed by atoms with Crippen LogP contribution in [0.15, 0.2) is 18.2 Å². The molecule has 222 valence electrons. The highest BCUT2D eigenvalue weighted by Gasteiger charge is 2.38. The minimum atomic E-state index is -0.0389. The summed E-state index contributed by atoms with van der Waals surface area (Å²) in [5.41, 5.74) is 14.3. The highest BCUT2D eigenvalue weighted by atomic mass is 16.2. The molecule has 0 radical (unpaired) electrons. The normalized spacial score (nSPS) is 23.7. The molecule has 1 saturated heterocycles. The Kier molecular flexibility index (Phi) is 8.14. The summed E-state index contributed by atoms with van der Waals surface area (Å²) >= 11 is 0. The van der Waals surface area contributed by atoms with Crippen molar-refractivity contribution in [1.82, 2.24) is 20.1 Å². The molecule has 2 amide bonds. The number of carbonyl (C=O) groups excluding carboxylic acids is 2. The SMILES string of the molecule is CC1(C)CC(=O)c2c3c(n(-c4ccc(CN)c(NC5CCC(NC(=O)NCCN6CCCC6)CC5)c4)c2C1)CCC3. The van der Waals surface area contributed by atoms with E-state index in [1.165, 1.54) is 29.8 Å². The van der Waals surface area contributed by atoms with Crippen LogP contribution in [-0.4, -0.2) is 59.5 Å². The number of rotatable bonds is 8. The maximum atomic E-state index is 13.3. The summed E-state index contributed by atoms with van der Waals surface area (Å²) in [6.07, 6.45) is 11.2. The molecule has 1 saturated carbocycles. The lowest BCUT2D eigenvalue weighted by molar-refractivity contribution is 0.0910. The zero-order chi connectivity index (χ0) is 28.6. The van der Waals surface area contributed by atoms with Gasteiger partial charge in [-0.3, -0.25) is 4.79 Å². The van der Waals surface area contributed by atoms with E-state index in [9.17, 15) is 9.59 Å². The molecule has 5 N–H and O–H groups in total. The summed E-state index contributed by atoms with van der Waals surface area (Å²) in [7, 11) is 0. The van der Waals surface area contributed by atoms with Crippen LogP contribution in [0.2, 0.25) is 0 Å². The Morgan fingerprint density at radius 3 is 2.51 bits per heavy atom. The molecule has 0 atom stereocenters. The molecule has 1 aliphatic heterocycles. The number of ketones is 1. The van der Waals surface area contributed by atoms with Crippen LogP contribution in [0.4, 0.5) is 10.5 Å². The summed E-state index contributed by atoms with van der Waals surface area (Å²) < 4.78 is 2.41. The molecule has 0 spiro atoms. The van der Waals surface area contributed by atoms with E-state index in [1.807, 2.05) is 0 Å². The van der Waals surface area contributed by atoms with Crippen LogP contribution in [0.5, 0.6) is 0 Å². The molecule has 4 aliphatic rings. The molecular weight excluding hydrogens is 512 g/mol. The van der Waals surface area contributed by atoms with Crippen molar-refractivity contribution in [1.29, 1.82) is 0 Å². The van der Waals surface area contributed by atoms with E-state index in [0.717, 1.165) is 93.5 Å². The largest absolute Gasteiger partial charge is 0.382 e. The number of Topliss-reactive ketones (excluding diaryl/α,β-unsaturated/α-hetero) is 1. The maximum absolute atomic E-state index is 13.3. The molecule has 0 unspecified atom stereocenters. The van der Waals surface area contributed by atoms with Gasteiger partial charge in [-0.05, 0) is 106 Å². The molecule has 2 fully saturated rings. The average Bonchev–Trinajstić information content (AvgIpc) is 3.67. The van der Waals surface area contributed by atoms with E-state index in [-0.39, 0.29) is 17.5 Å². The van der Waals surface area contributed by atoms with Crippen LogP contribution in [0.1, 0.15) is 98.1 Å². The zero-order valence-corrected chi connectivity index (χ0v) is 25.0. The Labute approximate surface area is 244 Å². The second-order valence-electron chi connectivity index (χ2n) is 13.6. The van der Waals surface area contributed by atoms with E-state index in [2.05, 4.69) is 57.5 Å². The number of likely N-dealkylation sites (tertiary alicyclic amines) is 1. The number of fused-ring (bicyclic) bond motifs is 3. The molecule has 41 heavy (non-hydrogen) atoms. The predicted molar refractivity (Wildman–Crippen MR) is 164 cm³/mol. The Hall–Kier alpha value is -2.84. The fraction of sp³-hybridized carbons (Fsp3) is 0.636. The Morgan fingerprint density at radius 1 is 1.00 bits per heavy atom. The third-order valence-corrected chi connectivity index (χ3v) is 9.79. The fourth-order valence-electron chi connectivity index (χ4n) is 7.73. The third-order valence-electron chi connectivity index (χ3n) is 9.79. The highest BCUT2D eigenvalue weighted by Crippen LogP contribution is 2.43. The molecule has 1 aromatic carbocycles. The minimum Gasteiger partial charge on any atom is -0.382 e. The number of benzene rings is 1. The number of aromatic nitrogens is 1. The van der Waals surface area contributed by atoms with Crippen LogP contribution in [0, 0.1) is 5.41 Å². The smallest absolute Gasteiger partial charge is 0.315 e. The number of hydrogen-bond acceptors (Lipinski definition) is 5. The molecule has 2 aromatic rings. The first-order chi connectivity index (χ1) is 19.8. The van der Waals surface area contributed by atoms with Gasteiger partial charge in [0, 0.05) is 66.5 Å². The minimum absolute atomic E-state index is 0.0241. The van der Waals surface area contributed by atoms with Crippen molar-refractivity contribution >= 4 is 17.5 Å². The van der Waals surface area contributed by atoms with Crippen LogP contribution < -0.4 is 21.7 Å². The molecule has 0 bridgehead atoms. The molecule has 2 heterocycles. The lowest BCUT2D eigenvalue weighted by Crippen LogP contribution is -2.46. The van der Waals surface area contributed by atoms with Crippen LogP contribution in [0.25, 0.3) is 5.69 Å². The van der Waals surface area contributed by atoms with Gasteiger partial charge in [0.15, 0.2) is 5.78 Å². The number of nitrogens with one attached hydrogen (secondary N) is 3. The number of carbonyl (C=O) groups is 2. The molecule has 8 nitrogen and oxygen atoms in total. The summed E-state index contributed by atoms with van der Waals surface area (Å²) in [6.45, 7) is 8.86. The fourth-order valence-corrected chi connectivity index (χ4v) is 7.73. The van der Waals surface area contributed by atoms with Gasteiger partial charge in [-0.15, -0.1) is 0 Å². The lowest BCUT2D eigenvalue weighted by atomic mass is 9.75. The first-order valence-corrected chi connectivity index (χ1v) is 16.0. The highest BCUT2D eigenvalue weighted by molar-refractivity contribution is 6.01. The van der Waals surface area contributed by atoms with Crippen LogP contribution in [0.3, 0.4) is 0 Å². The maximum Gasteiger partial charge on any atom is 0.315 e. The van der Waals surface area contributed by atoms with Gasteiger partial charge in [-0.2, -0.15) is 0 Å². The predicted octanol–water partition coefficient (Wildman–Crippen LogP) is 4.70. The van der Waals surface area contributed by atoms with E-state index in [4.69, 9.17) is 5.73 Å². The van der Waals surface area contributed by atoms with Crippen molar-refractivity contribution < 1.29 is 9.59 Å². The van der Waals surface area contributed by atoms with Crippen molar-refractivity contribution in [3.63, 3.8) is 0 Å². The van der Waals surface area contributed by atoms with Gasteiger partial charge in [0.05, 0.1) is 0 Å². The summed E-state index contributed by atoms with van der Waals surface area (Å²) in [6, 6.07) is 7.11. The standard InChI is InChI=1S/C33H48N6O2/c1-33(2)19-29-31(30(40)20-33)26-6-5-7-28(26)39(29)25-13-8-22(21-34)27(18-25)36-23-9-11-24(12-10-23)37-32(41)35-14-17-38-15-3-4-16-38/h8,13,18,23-24,36H,3-7,9-12,14-17,19-21,34H2,1-2H3,(H2,35,37,41). The summed E-state index contributed by atoms with van der Waals surface area (Å²) in [4.78, 5) is 28.1. The van der Waals surface area contributed by atoms with Gasteiger partial charge in [0.1, 0.15) is 0 Å². The second-order valence-corrected chi connectivity index (χ2v) is 13.6. The number of nitrogens with zero attached hydrogens (tertiary/aromatic N) is 2. The summed E-state index contributed by atoms with van der Waals surface area (Å²) in [5, 5.41) is 10.1. The van der Waals surface area contributed by atoms with Crippen molar-refractivity contribution in [3.8, 4) is 5.69 Å². The van der Waals surface area contributed by atoms with E-state index in [1.54, 1.807) is 0 Å². The summed E-state index contributed by atoms with van der Waals surface area (Å²) in [5.74, 6) is 0.315. The molecule has 6 rings (SSSR count). The van der Waals surface area contributed by atoms with Crippen LogP contribution >= 0.6 is 0 Å². The first kappa shape index (κ1) is 28.3. The average molecular weight is 561 g/mol. The quantitative estimate of drug-likeness (QED) is 0.375. The van der Waals surface area contributed by atoms with Gasteiger partial charge in [0.2, 0.25) is 0 Å². The number of anilines is 1. The number of urea groups is 1. The monoisotopic (exact) mass is 560 g/mol. The lowest BCUT2D eigenvalue weighted by Gasteiger charge is -2.32. The third kappa shape index (κ3) is 6.05. The van der Waals surface area contributed by atoms with E-state index >= 15 is 0 Å². The first-order valence-electron chi connectivity index (χ1n) is 16.0. The van der Waals surface area contributed by atoms with Gasteiger partial charge < -0.3 is 31.2 Å². The Balaban J connectivity index is 1.11. The van der Waals surface area contributed by atoms with E-state index in [0.29, 0.717) is 31.3 Å². The van der Waals surface area contributed by atoms with Crippen molar-refractivity contribution in [2.24, 2.45) is 11.1 Å². The number of amides is 2. The molecular formula is C33H48N6O2. The molecule has 3 aliphatic carbocycles.